The van der Waals surface area contributed by atoms with Gasteiger partial charge in [0.25, 0.3) is 5.91 Å². The molecule has 0 aliphatic carbocycles. The zero-order chi connectivity index (χ0) is 15.2. The van der Waals surface area contributed by atoms with Crippen LogP contribution in [0.4, 0.5) is 11.5 Å². The number of amides is 1. The Hall–Kier alpha value is -1.92. The molecule has 0 saturated carbocycles. The lowest BCUT2D eigenvalue weighted by Gasteiger charge is -2.10. The number of hydrogen-bond donors (Lipinski definition) is 3. The van der Waals surface area contributed by atoms with E-state index in [9.17, 15) is 4.79 Å². The van der Waals surface area contributed by atoms with Gasteiger partial charge in [-0.3, -0.25) is 4.79 Å². The number of anilines is 2. The van der Waals surface area contributed by atoms with Crippen LogP contribution in [-0.2, 0) is 6.42 Å². The molecule has 0 unspecified atom stereocenters. The molecule has 0 fully saturated rings. The molecule has 0 bridgehead atoms. The van der Waals surface area contributed by atoms with Crippen molar-refractivity contribution in [2.45, 2.75) is 19.8 Å². The maximum absolute atomic E-state index is 12.3. The number of rotatable bonds is 5. The van der Waals surface area contributed by atoms with Gasteiger partial charge in [0.2, 0.25) is 0 Å². The van der Waals surface area contributed by atoms with E-state index in [0.29, 0.717) is 15.9 Å². The van der Waals surface area contributed by atoms with Crippen LogP contribution in [0.2, 0.25) is 0 Å². The Morgan fingerprint density at radius 2 is 2.05 bits per heavy atom. The van der Waals surface area contributed by atoms with Gasteiger partial charge in [0, 0.05) is 16.4 Å². The van der Waals surface area contributed by atoms with Crippen molar-refractivity contribution in [2.75, 3.05) is 10.7 Å². The topological polar surface area (TPSA) is 80.0 Å². The van der Waals surface area contributed by atoms with Crippen LogP contribution in [0.1, 0.15) is 29.3 Å². The van der Waals surface area contributed by atoms with E-state index in [1.165, 1.54) is 5.56 Å². The van der Waals surface area contributed by atoms with Gasteiger partial charge in [-0.05, 0) is 46.1 Å². The quantitative estimate of drug-likeness (QED) is 0.571. The van der Waals surface area contributed by atoms with Gasteiger partial charge in [-0.25, -0.2) is 10.8 Å². The lowest BCUT2D eigenvalue weighted by Crippen LogP contribution is -2.18. The molecular formula is C15H17BrN4O. The normalized spacial score (nSPS) is 10.2. The first-order valence-corrected chi connectivity index (χ1v) is 7.45. The van der Waals surface area contributed by atoms with Crippen molar-refractivity contribution in [2.24, 2.45) is 5.84 Å². The molecule has 0 aliphatic rings. The highest BCUT2D eigenvalue weighted by Gasteiger charge is 2.13. The average Bonchev–Trinajstić information content (AvgIpc) is 2.49. The number of aromatic nitrogens is 1. The van der Waals surface area contributed by atoms with Gasteiger partial charge in [-0.15, -0.1) is 0 Å². The first kappa shape index (κ1) is 15.5. The first-order valence-electron chi connectivity index (χ1n) is 6.66. The molecule has 0 aliphatic heterocycles. The third-order valence-electron chi connectivity index (χ3n) is 2.99. The number of nitrogen functional groups attached to an aromatic ring is 1. The van der Waals surface area contributed by atoms with Crippen LogP contribution in [0.15, 0.2) is 41.0 Å². The minimum absolute atomic E-state index is 0.264. The SMILES string of the molecule is CCCc1ccc(NC(=O)c2cc(Br)cnc2NN)cc1. The maximum Gasteiger partial charge on any atom is 0.259 e. The summed E-state index contributed by atoms with van der Waals surface area (Å²) < 4.78 is 0.713. The number of aryl methyl sites for hydroxylation is 1. The van der Waals surface area contributed by atoms with Crippen LogP contribution in [0, 0.1) is 0 Å². The van der Waals surface area contributed by atoms with E-state index in [2.05, 4.69) is 38.6 Å². The Labute approximate surface area is 132 Å². The molecule has 1 aromatic carbocycles. The number of carbonyl (C=O) groups is 1. The molecule has 0 spiro atoms. The third kappa shape index (κ3) is 4.03. The van der Waals surface area contributed by atoms with Gasteiger partial charge in [-0.2, -0.15) is 0 Å². The third-order valence-corrected chi connectivity index (χ3v) is 3.42. The van der Waals surface area contributed by atoms with E-state index in [4.69, 9.17) is 5.84 Å². The number of nitrogens with two attached hydrogens (primary N) is 1. The molecule has 1 heterocycles. The largest absolute Gasteiger partial charge is 0.322 e. The lowest BCUT2D eigenvalue weighted by atomic mass is 10.1. The number of hydrazine groups is 1. The van der Waals surface area contributed by atoms with Crippen molar-refractivity contribution in [3.8, 4) is 0 Å². The molecule has 5 nitrogen and oxygen atoms in total. The van der Waals surface area contributed by atoms with Crippen LogP contribution >= 0.6 is 15.9 Å². The highest BCUT2D eigenvalue weighted by molar-refractivity contribution is 9.10. The highest BCUT2D eigenvalue weighted by Crippen LogP contribution is 2.19. The number of halogens is 1. The summed E-state index contributed by atoms with van der Waals surface area (Å²) in [6.45, 7) is 2.14. The van der Waals surface area contributed by atoms with Crippen molar-refractivity contribution in [1.29, 1.82) is 0 Å². The minimum atomic E-state index is -0.264. The molecule has 21 heavy (non-hydrogen) atoms. The van der Waals surface area contributed by atoms with Crippen LogP contribution in [-0.4, -0.2) is 10.9 Å². The predicted molar refractivity (Wildman–Crippen MR) is 88.1 cm³/mol. The summed E-state index contributed by atoms with van der Waals surface area (Å²) in [4.78, 5) is 16.3. The second kappa shape index (κ2) is 7.19. The Bertz CT molecular complexity index is 628. The fourth-order valence-corrected chi connectivity index (χ4v) is 2.30. The van der Waals surface area contributed by atoms with Crippen molar-refractivity contribution in [3.05, 3.63) is 52.1 Å². The molecular weight excluding hydrogens is 332 g/mol. The van der Waals surface area contributed by atoms with Gasteiger partial charge >= 0.3 is 0 Å². The fourth-order valence-electron chi connectivity index (χ4n) is 1.97. The summed E-state index contributed by atoms with van der Waals surface area (Å²) in [7, 11) is 0. The molecule has 0 saturated heterocycles. The number of hydrogen-bond acceptors (Lipinski definition) is 4. The van der Waals surface area contributed by atoms with Crippen LogP contribution < -0.4 is 16.6 Å². The summed E-state index contributed by atoms with van der Waals surface area (Å²) in [6, 6.07) is 9.48. The van der Waals surface area contributed by atoms with Crippen molar-refractivity contribution >= 4 is 33.3 Å². The summed E-state index contributed by atoms with van der Waals surface area (Å²) in [5, 5.41) is 2.83. The average molecular weight is 349 g/mol. The number of nitrogens with one attached hydrogen (secondary N) is 2. The van der Waals surface area contributed by atoms with E-state index in [0.717, 1.165) is 18.5 Å². The highest BCUT2D eigenvalue weighted by atomic mass is 79.9. The summed E-state index contributed by atoms with van der Waals surface area (Å²) >= 11 is 3.29. The molecule has 6 heteroatoms. The number of pyridine rings is 1. The first-order chi connectivity index (χ1) is 10.1. The molecule has 1 aromatic heterocycles. The maximum atomic E-state index is 12.3. The number of benzene rings is 1. The summed E-state index contributed by atoms with van der Waals surface area (Å²) in [6.07, 6.45) is 3.71. The van der Waals surface area contributed by atoms with E-state index >= 15 is 0 Å². The monoisotopic (exact) mass is 348 g/mol. The number of nitrogens with zero attached hydrogens (tertiary/aromatic N) is 1. The van der Waals surface area contributed by atoms with Crippen molar-refractivity contribution in [1.82, 2.24) is 4.98 Å². The van der Waals surface area contributed by atoms with E-state index in [-0.39, 0.29) is 5.91 Å². The summed E-state index contributed by atoms with van der Waals surface area (Å²) in [5.74, 6) is 5.45. The second-order valence-electron chi connectivity index (χ2n) is 4.60. The van der Waals surface area contributed by atoms with Gasteiger partial charge in [-0.1, -0.05) is 25.5 Å². The van der Waals surface area contributed by atoms with E-state index < -0.39 is 0 Å². The van der Waals surface area contributed by atoms with Crippen LogP contribution in [0.3, 0.4) is 0 Å². The molecule has 2 rings (SSSR count). The smallest absolute Gasteiger partial charge is 0.259 e. The fraction of sp³-hybridized carbons (Fsp3) is 0.200. The second-order valence-corrected chi connectivity index (χ2v) is 5.51. The lowest BCUT2D eigenvalue weighted by molar-refractivity contribution is 0.102. The van der Waals surface area contributed by atoms with Gasteiger partial charge in [0.05, 0.1) is 5.56 Å². The Morgan fingerprint density at radius 1 is 1.33 bits per heavy atom. The predicted octanol–water partition coefficient (Wildman–Crippen LogP) is 3.33. The van der Waals surface area contributed by atoms with Crippen molar-refractivity contribution in [3.63, 3.8) is 0 Å². The molecule has 1 amide bonds. The minimum Gasteiger partial charge on any atom is -0.322 e. The Kier molecular flexibility index (Phi) is 5.30. The molecule has 2 aromatic rings. The molecule has 110 valence electrons. The Morgan fingerprint density at radius 3 is 2.67 bits per heavy atom. The van der Waals surface area contributed by atoms with Crippen LogP contribution in [0.5, 0.6) is 0 Å². The Balaban J connectivity index is 2.15. The van der Waals surface area contributed by atoms with E-state index in [1.54, 1.807) is 12.3 Å². The van der Waals surface area contributed by atoms with Gasteiger partial charge in [0.15, 0.2) is 5.82 Å². The standard InChI is InChI=1S/C15H17BrN4O/c1-2-3-10-4-6-12(7-5-10)19-15(21)13-8-11(16)9-18-14(13)20-17/h4-9H,2-3,17H2,1H3,(H,18,20)(H,19,21). The van der Waals surface area contributed by atoms with Crippen molar-refractivity contribution < 1.29 is 4.79 Å². The van der Waals surface area contributed by atoms with Gasteiger partial charge < -0.3 is 10.7 Å². The number of carbonyl (C=O) groups excluding carboxylic acids is 1. The molecule has 0 atom stereocenters. The summed E-state index contributed by atoms with van der Waals surface area (Å²) in [5.41, 5.74) is 4.79. The van der Waals surface area contributed by atoms with E-state index in [1.807, 2.05) is 24.3 Å². The molecule has 0 radical (unpaired) electrons. The zero-order valence-corrected chi connectivity index (χ0v) is 13.3. The van der Waals surface area contributed by atoms with Gasteiger partial charge in [0.1, 0.15) is 0 Å². The molecule has 4 N–H and O–H groups in total. The zero-order valence-electron chi connectivity index (χ0n) is 11.7. The van der Waals surface area contributed by atoms with Crippen LogP contribution in [0.25, 0.3) is 0 Å².